The fraction of sp³-hybridized carbons (Fsp3) is 0.714. The van der Waals surface area contributed by atoms with Crippen LogP contribution in [0.4, 0.5) is 5.95 Å². The summed E-state index contributed by atoms with van der Waals surface area (Å²) in [4.78, 5) is 11.2. The van der Waals surface area contributed by atoms with E-state index in [0.29, 0.717) is 6.04 Å². The van der Waals surface area contributed by atoms with Crippen LogP contribution < -0.4 is 10.2 Å². The van der Waals surface area contributed by atoms with Crippen molar-refractivity contribution in [3.05, 3.63) is 18.0 Å². The average Bonchev–Trinajstić information content (AvgIpc) is 2.37. The van der Waals surface area contributed by atoms with Gasteiger partial charge in [0.15, 0.2) is 0 Å². The molecule has 4 nitrogen and oxygen atoms in total. The Morgan fingerprint density at radius 1 is 1.17 bits per heavy atom. The van der Waals surface area contributed by atoms with Crippen LogP contribution in [0, 0.1) is 0 Å². The lowest BCUT2D eigenvalue weighted by Gasteiger charge is -2.26. The Labute approximate surface area is 111 Å². The second-order valence-electron chi connectivity index (χ2n) is 4.86. The molecule has 0 unspecified atom stereocenters. The van der Waals surface area contributed by atoms with Gasteiger partial charge >= 0.3 is 0 Å². The molecule has 0 aliphatic rings. The molecule has 1 rings (SSSR count). The Bertz CT molecular complexity index is 321. The van der Waals surface area contributed by atoms with Gasteiger partial charge < -0.3 is 10.2 Å². The number of hydrogen-bond acceptors (Lipinski definition) is 4. The second-order valence-corrected chi connectivity index (χ2v) is 4.86. The lowest BCUT2D eigenvalue weighted by molar-refractivity contribution is 0.645. The number of rotatable bonds is 8. The van der Waals surface area contributed by atoms with Gasteiger partial charge in [0.05, 0.1) is 0 Å². The number of hydrogen-bond donors (Lipinski definition) is 1. The molecule has 0 fully saturated rings. The minimum atomic E-state index is 0.439. The van der Waals surface area contributed by atoms with Crippen LogP contribution >= 0.6 is 0 Å². The molecule has 4 heteroatoms. The summed E-state index contributed by atoms with van der Waals surface area (Å²) in [5.41, 5.74) is 1.15. The van der Waals surface area contributed by atoms with E-state index in [-0.39, 0.29) is 0 Å². The maximum Gasteiger partial charge on any atom is 0.225 e. The van der Waals surface area contributed by atoms with Gasteiger partial charge in [0.1, 0.15) is 0 Å². The highest BCUT2D eigenvalue weighted by molar-refractivity contribution is 5.30. The zero-order valence-electron chi connectivity index (χ0n) is 12.1. The molecule has 0 saturated heterocycles. The van der Waals surface area contributed by atoms with Crippen molar-refractivity contribution >= 4 is 5.95 Å². The largest absolute Gasteiger partial charge is 0.338 e. The van der Waals surface area contributed by atoms with Crippen LogP contribution in [0.1, 0.15) is 46.1 Å². The van der Waals surface area contributed by atoms with Crippen LogP contribution in [-0.2, 0) is 6.54 Å². The lowest BCUT2D eigenvalue weighted by Crippen LogP contribution is -2.33. The minimum absolute atomic E-state index is 0.439. The van der Waals surface area contributed by atoms with Crippen molar-refractivity contribution in [3.63, 3.8) is 0 Å². The number of nitrogens with zero attached hydrogens (tertiary/aromatic N) is 3. The van der Waals surface area contributed by atoms with Crippen LogP contribution in [0.3, 0.4) is 0 Å². The van der Waals surface area contributed by atoms with Crippen molar-refractivity contribution < 1.29 is 0 Å². The van der Waals surface area contributed by atoms with Crippen molar-refractivity contribution in [1.82, 2.24) is 15.3 Å². The number of nitrogens with one attached hydrogen (secondary N) is 1. The summed E-state index contributed by atoms with van der Waals surface area (Å²) < 4.78 is 0. The number of aromatic nitrogens is 2. The molecule has 1 N–H and O–H groups in total. The standard InChI is InChI=1S/C14H26N4/c1-5-7-15-9-13-10-16-14(17-11-13)18(8-6-2)12(3)4/h10-12,15H,5-9H2,1-4H3. The summed E-state index contributed by atoms with van der Waals surface area (Å²) in [5.74, 6) is 0.839. The highest BCUT2D eigenvalue weighted by atomic mass is 15.3. The molecule has 0 radical (unpaired) electrons. The first-order valence-electron chi connectivity index (χ1n) is 6.97. The van der Waals surface area contributed by atoms with Crippen LogP contribution in [-0.4, -0.2) is 29.1 Å². The highest BCUT2D eigenvalue weighted by Crippen LogP contribution is 2.11. The molecule has 1 aromatic rings. The molecule has 1 heterocycles. The maximum atomic E-state index is 4.47. The summed E-state index contributed by atoms with van der Waals surface area (Å²) in [6, 6.07) is 0.439. The first-order chi connectivity index (χ1) is 8.69. The van der Waals surface area contributed by atoms with E-state index >= 15 is 0 Å². The molecule has 0 aliphatic carbocycles. The van der Waals surface area contributed by atoms with Crippen molar-refractivity contribution in [1.29, 1.82) is 0 Å². The summed E-state index contributed by atoms with van der Waals surface area (Å²) in [6.45, 7) is 11.6. The molecule has 0 atom stereocenters. The van der Waals surface area contributed by atoms with Gasteiger partial charge in [-0.1, -0.05) is 13.8 Å². The molecule has 0 aliphatic heterocycles. The monoisotopic (exact) mass is 250 g/mol. The maximum absolute atomic E-state index is 4.47. The molecule has 0 spiro atoms. The molecular weight excluding hydrogens is 224 g/mol. The van der Waals surface area contributed by atoms with E-state index in [1.807, 2.05) is 12.4 Å². The Morgan fingerprint density at radius 3 is 2.33 bits per heavy atom. The summed E-state index contributed by atoms with van der Waals surface area (Å²) in [7, 11) is 0. The third-order valence-corrected chi connectivity index (χ3v) is 2.79. The zero-order valence-corrected chi connectivity index (χ0v) is 12.1. The van der Waals surface area contributed by atoms with E-state index in [1.54, 1.807) is 0 Å². The van der Waals surface area contributed by atoms with Gasteiger partial charge in [-0.2, -0.15) is 0 Å². The normalized spacial score (nSPS) is 10.9. The van der Waals surface area contributed by atoms with E-state index in [0.717, 1.165) is 44.0 Å². The molecule has 102 valence electrons. The Morgan fingerprint density at radius 2 is 1.83 bits per heavy atom. The summed E-state index contributed by atoms with van der Waals surface area (Å²) in [6.07, 6.45) is 6.12. The third-order valence-electron chi connectivity index (χ3n) is 2.79. The molecule has 0 saturated carbocycles. The van der Waals surface area contributed by atoms with Gasteiger partial charge in [0.2, 0.25) is 5.95 Å². The SMILES string of the molecule is CCCNCc1cnc(N(CCC)C(C)C)nc1. The highest BCUT2D eigenvalue weighted by Gasteiger charge is 2.11. The second kappa shape index (κ2) is 8.03. The Kier molecular flexibility index (Phi) is 6.65. The van der Waals surface area contributed by atoms with Crippen LogP contribution in [0.15, 0.2) is 12.4 Å². The van der Waals surface area contributed by atoms with E-state index in [1.165, 1.54) is 0 Å². The van der Waals surface area contributed by atoms with Gasteiger partial charge in [-0.25, -0.2) is 9.97 Å². The van der Waals surface area contributed by atoms with Crippen LogP contribution in [0.2, 0.25) is 0 Å². The fourth-order valence-electron chi connectivity index (χ4n) is 1.83. The molecule has 0 amide bonds. The molecule has 18 heavy (non-hydrogen) atoms. The van der Waals surface area contributed by atoms with Crippen molar-refractivity contribution in [2.24, 2.45) is 0 Å². The van der Waals surface area contributed by atoms with Gasteiger partial charge in [0, 0.05) is 37.1 Å². The minimum Gasteiger partial charge on any atom is -0.338 e. The summed E-state index contributed by atoms with van der Waals surface area (Å²) >= 11 is 0. The first kappa shape index (κ1) is 14.9. The van der Waals surface area contributed by atoms with Crippen molar-refractivity contribution in [3.8, 4) is 0 Å². The van der Waals surface area contributed by atoms with Crippen LogP contribution in [0.25, 0.3) is 0 Å². The molecule has 1 aromatic heterocycles. The predicted octanol–water partition coefficient (Wildman–Crippen LogP) is 2.60. The van der Waals surface area contributed by atoms with Crippen LogP contribution in [0.5, 0.6) is 0 Å². The molecule has 0 bridgehead atoms. The summed E-state index contributed by atoms with van der Waals surface area (Å²) in [5, 5.41) is 3.35. The van der Waals surface area contributed by atoms with E-state index in [9.17, 15) is 0 Å². The van der Waals surface area contributed by atoms with Crippen molar-refractivity contribution in [2.45, 2.75) is 53.1 Å². The smallest absolute Gasteiger partial charge is 0.225 e. The average molecular weight is 250 g/mol. The van der Waals surface area contributed by atoms with Gasteiger partial charge in [-0.05, 0) is 33.2 Å². The molecular formula is C14H26N4. The van der Waals surface area contributed by atoms with Gasteiger partial charge in [-0.3, -0.25) is 0 Å². The van der Waals surface area contributed by atoms with Gasteiger partial charge in [0.25, 0.3) is 0 Å². The predicted molar refractivity (Wildman–Crippen MR) is 76.8 cm³/mol. The topological polar surface area (TPSA) is 41.1 Å². The van der Waals surface area contributed by atoms with Gasteiger partial charge in [-0.15, -0.1) is 0 Å². The fourth-order valence-corrected chi connectivity index (χ4v) is 1.83. The quantitative estimate of drug-likeness (QED) is 0.720. The van der Waals surface area contributed by atoms with E-state index in [4.69, 9.17) is 0 Å². The van der Waals surface area contributed by atoms with Crippen molar-refractivity contribution in [2.75, 3.05) is 18.0 Å². The first-order valence-corrected chi connectivity index (χ1v) is 6.97. The number of anilines is 1. The zero-order chi connectivity index (χ0) is 13.4. The van der Waals surface area contributed by atoms with E-state index < -0.39 is 0 Å². The lowest BCUT2D eigenvalue weighted by atomic mass is 10.3. The molecule has 0 aromatic carbocycles. The Hall–Kier alpha value is -1.16. The third kappa shape index (κ3) is 4.61. The Balaban J connectivity index is 2.62. The van der Waals surface area contributed by atoms with E-state index in [2.05, 4.69) is 47.9 Å².